The Morgan fingerprint density at radius 1 is 1.22 bits per heavy atom. The fraction of sp³-hybridized carbons (Fsp3) is 0.350. The number of hydrogen-bond donors (Lipinski definition) is 0. The van der Waals surface area contributed by atoms with Gasteiger partial charge >= 0.3 is 0 Å². The zero-order valence-electron chi connectivity index (χ0n) is 15.4. The molecule has 0 saturated carbocycles. The molecule has 0 atom stereocenters. The molecule has 0 spiro atoms. The number of methoxy groups -OCH3 is 1. The van der Waals surface area contributed by atoms with Gasteiger partial charge in [0.25, 0.3) is 0 Å². The van der Waals surface area contributed by atoms with Gasteiger partial charge in [0.15, 0.2) is 10.8 Å². The number of nitrogens with zero attached hydrogens (tertiary/aromatic N) is 4. The molecule has 0 N–H and O–H groups in total. The van der Waals surface area contributed by atoms with Crippen molar-refractivity contribution in [1.29, 1.82) is 0 Å². The van der Waals surface area contributed by atoms with Gasteiger partial charge in [0.2, 0.25) is 0 Å². The molecular weight excluding hydrogens is 376 g/mol. The van der Waals surface area contributed by atoms with Gasteiger partial charge in [-0.3, -0.25) is 4.40 Å². The molecule has 3 heterocycles. The Bertz CT molecular complexity index is 1150. The number of benzene rings is 1. The molecule has 27 heavy (non-hydrogen) atoms. The quantitative estimate of drug-likeness (QED) is 0.463. The molecule has 0 aliphatic heterocycles. The lowest BCUT2D eigenvalue weighted by Gasteiger charge is -2.10. The molecular formula is C20H20N4OS2. The molecule has 1 aliphatic carbocycles. The third kappa shape index (κ3) is 2.89. The molecule has 1 aromatic carbocycles. The monoisotopic (exact) mass is 396 g/mol. The predicted molar refractivity (Wildman–Crippen MR) is 110 cm³/mol. The summed E-state index contributed by atoms with van der Waals surface area (Å²) in [6, 6.07) is 8.15. The van der Waals surface area contributed by atoms with Crippen LogP contribution in [0.2, 0.25) is 0 Å². The van der Waals surface area contributed by atoms with Crippen molar-refractivity contribution < 1.29 is 4.74 Å². The highest BCUT2D eigenvalue weighted by atomic mass is 32.2. The summed E-state index contributed by atoms with van der Waals surface area (Å²) in [5.74, 6) is 2.65. The first-order chi connectivity index (χ1) is 13.2. The lowest BCUT2D eigenvalue weighted by molar-refractivity contribution is 0.414. The molecule has 0 saturated heterocycles. The zero-order valence-corrected chi connectivity index (χ0v) is 17.0. The number of thioether (sulfide) groups is 1. The van der Waals surface area contributed by atoms with Crippen LogP contribution in [0.3, 0.4) is 0 Å². The topological polar surface area (TPSA) is 52.3 Å². The molecule has 5 rings (SSSR count). The van der Waals surface area contributed by atoms with Crippen LogP contribution >= 0.6 is 23.1 Å². The minimum Gasteiger partial charge on any atom is -0.497 e. The van der Waals surface area contributed by atoms with Crippen molar-refractivity contribution in [3.63, 3.8) is 0 Å². The highest BCUT2D eigenvalue weighted by molar-refractivity contribution is 7.98. The average Bonchev–Trinajstić information content (AvgIpc) is 3.27. The van der Waals surface area contributed by atoms with Crippen molar-refractivity contribution in [3.05, 3.63) is 46.1 Å². The van der Waals surface area contributed by atoms with Crippen LogP contribution in [0.1, 0.15) is 34.7 Å². The fourth-order valence-electron chi connectivity index (χ4n) is 3.78. The second kappa shape index (κ2) is 6.80. The van der Waals surface area contributed by atoms with E-state index in [-0.39, 0.29) is 0 Å². The standard InChI is InChI=1S/C20H20N4OS2/c1-12-21-19-17(15-8-3-4-9-16(15)27-19)18-22-23-20(24(12)18)26-11-13-6-5-7-14(10-13)25-2/h5-7,10H,3-4,8-9,11H2,1-2H3. The van der Waals surface area contributed by atoms with E-state index in [4.69, 9.17) is 9.72 Å². The van der Waals surface area contributed by atoms with E-state index in [0.29, 0.717) is 0 Å². The van der Waals surface area contributed by atoms with E-state index >= 15 is 0 Å². The number of hydrogen-bond acceptors (Lipinski definition) is 6. The van der Waals surface area contributed by atoms with Crippen molar-refractivity contribution in [1.82, 2.24) is 19.6 Å². The van der Waals surface area contributed by atoms with Crippen LogP contribution in [0.25, 0.3) is 15.9 Å². The first kappa shape index (κ1) is 17.0. The summed E-state index contributed by atoms with van der Waals surface area (Å²) < 4.78 is 7.44. The van der Waals surface area contributed by atoms with Crippen molar-refractivity contribution in [3.8, 4) is 5.75 Å². The van der Waals surface area contributed by atoms with Crippen LogP contribution in [0.5, 0.6) is 5.75 Å². The summed E-state index contributed by atoms with van der Waals surface area (Å²) in [5.41, 5.74) is 3.62. The Hall–Kier alpha value is -2.12. The second-order valence-electron chi connectivity index (χ2n) is 6.83. The van der Waals surface area contributed by atoms with E-state index in [1.54, 1.807) is 18.9 Å². The fourth-order valence-corrected chi connectivity index (χ4v) is 6.01. The maximum absolute atomic E-state index is 5.32. The van der Waals surface area contributed by atoms with Crippen molar-refractivity contribution in [2.24, 2.45) is 0 Å². The molecule has 5 nitrogen and oxygen atoms in total. The van der Waals surface area contributed by atoms with Gasteiger partial charge in [-0.1, -0.05) is 23.9 Å². The van der Waals surface area contributed by atoms with Crippen molar-refractivity contribution in [2.75, 3.05) is 7.11 Å². The Balaban J connectivity index is 1.55. The second-order valence-corrected chi connectivity index (χ2v) is 8.86. The average molecular weight is 397 g/mol. The van der Waals surface area contributed by atoms with Gasteiger partial charge in [-0.15, -0.1) is 21.5 Å². The molecule has 7 heteroatoms. The summed E-state index contributed by atoms with van der Waals surface area (Å²) >= 11 is 3.53. The maximum Gasteiger partial charge on any atom is 0.197 e. The van der Waals surface area contributed by atoms with Crippen LogP contribution < -0.4 is 4.74 Å². The number of aromatic nitrogens is 4. The zero-order chi connectivity index (χ0) is 18.4. The highest BCUT2D eigenvalue weighted by Gasteiger charge is 2.22. The summed E-state index contributed by atoms with van der Waals surface area (Å²) in [7, 11) is 1.69. The van der Waals surface area contributed by atoms with E-state index in [2.05, 4.69) is 26.7 Å². The molecule has 1 aliphatic rings. The number of rotatable bonds is 4. The number of ether oxygens (including phenoxy) is 1. The Morgan fingerprint density at radius 3 is 3.00 bits per heavy atom. The number of aryl methyl sites for hydroxylation is 3. The Morgan fingerprint density at radius 2 is 2.11 bits per heavy atom. The first-order valence-electron chi connectivity index (χ1n) is 9.16. The maximum atomic E-state index is 5.32. The molecule has 3 aromatic heterocycles. The molecule has 138 valence electrons. The van der Waals surface area contributed by atoms with E-state index in [1.165, 1.54) is 40.7 Å². The minimum absolute atomic E-state index is 0.817. The summed E-state index contributed by atoms with van der Waals surface area (Å²) in [5, 5.41) is 11.2. The normalized spacial score (nSPS) is 14.0. The van der Waals surface area contributed by atoms with Crippen LogP contribution in [0.15, 0.2) is 29.4 Å². The van der Waals surface area contributed by atoms with Gasteiger partial charge in [-0.25, -0.2) is 4.98 Å². The molecule has 0 radical (unpaired) electrons. The Kier molecular flexibility index (Phi) is 4.28. The lowest BCUT2D eigenvalue weighted by atomic mass is 9.97. The smallest absolute Gasteiger partial charge is 0.197 e. The SMILES string of the molecule is COc1cccc(CSc2nnc3c4c5c(sc4nc(C)n23)CCCC5)c1. The predicted octanol–water partition coefficient (Wildman–Crippen LogP) is 4.83. The van der Waals surface area contributed by atoms with Crippen LogP contribution in [0, 0.1) is 6.92 Å². The highest BCUT2D eigenvalue weighted by Crippen LogP contribution is 2.38. The van der Waals surface area contributed by atoms with Gasteiger partial charge in [0.05, 0.1) is 12.5 Å². The third-order valence-electron chi connectivity index (χ3n) is 5.10. The van der Waals surface area contributed by atoms with Crippen LogP contribution in [-0.4, -0.2) is 26.7 Å². The molecule has 0 fully saturated rings. The van der Waals surface area contributed by atoms with E-state index in [1.807, 2.05) is 30.4 Å². The molecule has 0 unspecified atom stereocenters. The van der Waals surface area contributed by atoms with Crippen LogP contribution in [0.4, 0.5) is 0 Å². The lowest BCUT2D eigenvalue weighted by Crippen LogP contribution is -2.01. The Labute approximate surface area is 165 Å². The number of thiophene rings is 1. The van der Waals surface area contributed by atoms with Gasteiger partial charge in [0, 0.05) is 10.6 Å². The molecule has 0 bridgehead atoms. The van der Waals surface area contributed by atoms with Gasteiger partial charge < -0.3 is 4.74 Å². The first-order valence-corrected chi connectivity index (χ1v) is 11.0. The van der Waals surface area contributed by atoms with E-state index in [0.717, 1.165) is 39.4 Å². The summed E-state index contributed by atoms with van der Waals surface area (Å²) in [6.45, 7) is 2.05. The van der Waals surface area contributed by atoms with Crippen molar-refractivity contribution >= 4 is 39.0 Å². The van der Waals surface area contributed by atoms with E-state index in [9.17, 15) is 0 Å². The largest absolute Gasteiger partial charge is 0.497 e. The summed E-state index contributed by atoms with van der Waals surface area (Å²) in [4.78, 5) is 7.50. The van der Waals surface area contributed by atoms with Gasteiger partial charge in [-0.2, -0.15) is 0 Å². The summed E-state index contributed by atoms with van der Waals surface area (Å²) in [6.07, 6.45) is 4.84. The third-order valence-corrected chi connectivity index (χ3v) is 7.28. The minimum atomic E-state index is 0.817. The van der Waals surface area contributed by atoms with Gasteiger partial charge in [-0.05, 0) is 55.9 Å². The van der Waals surface area contributed by atoms with E-state index < -0.39 is 0 Å². The van der Waals surface area contributed by atoms with Crippen molar-refractivity contribution in [2.45, 2.75) is 43.5 Å². The van der Waals surface area contributed by atoms with Crippen LogP contribution in [-0.2, 0) is 18.6 Å². The number of fused-ring (bicyclic) bond motifs is 5. The molecule has 0 amide bonds. The molecule has 4 aromatic rings. The van der Waals surface area contributed by atoms with Gasteiger partial charge in [0.1, 0.15) is 16.4 Å².